The fourth-order valence-electron chi connectivity index (χ4n) is 1.84. The molecule has 126 valence electrons. The maximum Gasteiger partial charge on any atom is 0.408 e. The topological polar surface area (TPSA) is 84.9 Å². The van der Waals surface area contributed by atoms with Crippen molar-refractivity contribution in [3.8, 4) is 5.75 Å². The van der Waals surface area contributed by atoms with Crippen LogP contribution in [-0.2, 0) is 16.0 Å². The molecule has 6 heteroatoms. The van der Waals surface area contributed by atoms with Gasteiger partial charge < -0.3 is 19.9 Å². The number of alkyl carbamates (subject to hydrolysis) is 1. The Morgan fingerprint density at radius 1 is 1.26 bits per heavy atom. The Hall–Kier alpha value is -2.50. The summed E-state index contributed by atoms with van der Waals surface area (Å²) in [6.07, 6.45) is 2.28. The molecular weight excluding hydrogens is 298 g/mol. The molecule has 1 atom stereocenters. The number of carbonyl (C=O) groups excluding carboxylic acids is 1. The first-order chi connectivity index (χ1) is 10.7. The second-order valence-electron chi connectivity index (χ2n) is 6.00. The normalized spacial score (nSPS) is 12.7. The van der Waals surface area contributed by atoms with Gasteiger partial charge >= 0.3 is 12.1 Å². The van der Waals surface area contributed by atoms with Gasteiger partial charge in [0.1, 0.15) is 11.4 Å². The van der Waals surface area contributed by atoms with Crippen molar-refractivity contribution in [1.82, 2.24) is 5.32 Å². The molecule has 0 aromatic heterocycles. The summed E-state index contributed by atoms with van der Waals surface area (Å²) in [6, 6.07) is 6.84. The van der Waals surface area contributed by atoms with Crippen LogP contribution >= 0.6 is 0 Å². The fourth-order valence-corrected chi connectivity index (χ4v) is 1.84. The molecule has 1 amide bonds. The maximum atomic E-state index is 11.9. The molecule has 0 spiro atoms. The van der Waals surface area contributed by atoms with Gasteiger partial charge in [-0.3, -0.25) is 0 Å². The Morgan fingerprint density at radius 2 is 1.87 bits per heavy atom. The largest absolute Gasteiger partial charge is 0.497 e. The third kappa shape index (κ3) is 7.90. The van der Waals surface area contributed by atoms with E-state index in [1.165, 1.54) is 6.08 Å². The zero-order chi connectivity index (χ0) is 17.5. The zero-order valence-electron chi connectivity index (χ0n) is 13.8. The first-order valence-corrected chi connectivity index (χ1v) is 7.23. The van der Waals surface area contributed by atoms with E-state index in [4.69, 9.17) is 14.6 Å². The Balaban J connectivity index is 2.78. The summed E-state index contributed by atoms with van der Waals surface area (Å²) in [5, 5.41) is 11.4. The highest BCUT2D eigenvalue weighted by molar-refractivity contribution is 5.80. The molecule has 1 aromatic rings. The summed E-state index contributed by atoms with van der Waals surface area (Å²) in [6.45, 7) is 5.29. The first kappa shape index (κ1) is 18.5. The Morgan fingerprint density at radius 3 is 2.35 bits per heavy atom. The molecule has 23 heavy (non-hydrogen) atoms. The van der Waals surface area contributed by atoms with Crippen molar-refractivity contribution in [2.24, 2.45) is 0 Å². The molecule has 0 unspecified atom stereocenters. The zero-order valence-corrected chi connectivity index (χ0v) is 13.8. The van der Waals surface area contributed by atoms with Crippen LogP contribution in [0.5, 0.6) is 5.75 Å². The molecular formula is C17H23NO5. The highest BCUT2D eigenvalue weighted by atomic mass is 16.6. The lowest BCUT2D eigenvalue weighted by molar-refractivity contribution is -0.131. The van der Waals surface area contributed by atoms with E-state index in [0.717, 1.165) is 17.4 Å². The summed E-state index contributed by atoms with van der Waals surface area (Å²) < 4.78 is 10.3. The minimum Gasteiger partial charge on any atom is -0.497 e. The van der Waals surface area contributed by atoms with Gasteiger partial charge in [-0.2, -0.15) is 0 Å². The third-order valence-electron chi connectivity index (χ3n) is 2.79. The number of carbonyl (C=O) groups is 2. The minimum absolute atomic E-state index is 0.438. The van der Waals surface area contributed by atoms with Gasteiger partial charge in [-0.1, -0.05) is 18.2 Å². The molecule has 1 aromatic carbocycles. The van der Waals surface area contributed by atoms with Crippen LogP contribution in [0.2, 0.25) is 0 Å². The lowest BCUT2D eigenvalue weighted by Gasteiger charge is -2.22. The number of aliphatic carboxylic acids is 1. The van der Waals surface area contributed by atoms with Gasteiger partial charge in [0.15, 0.2) is 0 Å². The van der Waals surface area contributed by atoms with Gasteiger partial charge in [-0.25, -0.2) is 9.59 Å². The van der Waals surface area contributed by atoms with Crippen molar-refractivity contribution in [3.05, 3.63) is 42.0 Å². The number of carboxylic acids is 1. The van der Waals surface area contributed by atoms with E-state index < -0.39 is 23.7 Å². The maximum absolute atomic E-state index is 11.9. The SMILES string of the molecule is COc1ccc(C[C@@H](C=CC(=O)O)NC(=O)OC(C)(C)C)cc1. The number of carboxylic acid groups (broad SMARTS) is 1. The number of nitrogens with one attached hydrogen (secondary N) is 1. The third-order valence-corrected chi connectivity index (χ3v) is 2.79. The predicted molar refractivity (Wildman–Crippen MR) is 86.6 cm³/mol. The van der Waals surface area contributed by atoms with Crippen LogP contribution in [0, 0.1) is 0 Å². The highest BCUT2D eigenvalue weighted by Gasteiger charge is 2.18. The standard InChI is InChI=1S/C17H23NO5/c1-17(2,3)23-16(21)18-13(7-10-15(19)20)11-12-5-8-14(22-4)9-6-12/h5-10,13H,11H2,1-4H3,(H,18,21)(H,19,20)/t13-/m1/s1. The molecule has 2 N–H and O–H groups in total. The van der Waals surface area contributed by atoms with Gasteiger partial charge in [0, 0.05) is 6.08 Å². The summed E-state index contributed by atoms with van der Waals surface area (Å²) >= 11 is 0. The second-order valence-corrected chi connectivity index (χ2v) is 6.00. The first-order valence-electron chi connectivity index (χ1n) is 7.23. The van der Waals surface area contributed by atoms with Crippen LogP contribution in [0.25, 0.3) is 0 Å². The summed E-state index contributed by atoms with van der Waals surface area (Å²) in [5.41, 5.74) is 0.313. The highest BCUT2D eigenvalue weighted by Crippen LogP contribution is 2.14. The number of methoxy groups -OCH3 is 1. The number of ether oxygens (including phenoxy) is 2. The van der Waals surface area contributed by atoms with Gasteiger partial charge in [0.25, 0.3) is 0 Å². The average Bonchev–Trinajstić information content (AvgIpc) is 2.43. The van der Waals surface area contributed by atoms with Crippen molar-refractivity contribution in [3.63, 3.8) is 0 Å². The number of hydrogen-bond acceptors (Lipinski definition) is 4. The minimum atomic E-state index is -1.07. The number of amides is 1. The van der Waals surface area contributed by atoms with E-state index in [1.807, 2.05) is 12.1 Å². The molecule has 1 rings (SSSR count). The fraction of sp³-hybridized carbons (Fsp3) is 0.412. The van der Waals surface area contributed by atoms with Crippen LogP contribution in [-0.4, -0.2) is 35.9 Å². The molecule has 0 bridgehead atoms. The summed E-state index contributed by atoms with van der Waals surface area (Å²) in [7, 11) is 1.58. The summed E-state index contributed by atoms with van der Waals surface area (Å²) in [5.74, 6) is -0.345. The molecule has 6 nitrogen and oxygen atoms in total. The number of hydrogen-bond donors (Lipinski definition) is 2. The van der Waals surface area contributed by atoms with Crippen molar-refractivity contribution in [2.45, 2.75) is 38.8 Å². The Bertz CT molecular complexity index is 557. The quantitative estimate of drug-likeness (QED) is 0.787. The van der Waals surface area contributed by atoms with E-state index in [-0.39, 0.29) is 0 Å². The molecule has 0 saturated carbocycles. The molecule has 0 aliphatic rings. The monoisotopic (exact) mass is 321 g/mol. The molecule has 0 fully saturated rings. The van der Waals surface area contributed by atoms with Crippen LogP contribution in [0.15, 0.2) is 36.4 Å². The lowest BCUT2D eigenvalue weighted by Crippen LogP contribution is -2.39. The molecule has 0 aliphatic heterocycles. The Labute approximate surface area is 136 Å². The average molecular weight is 321 g/mol. The predicted octanol–water partition coefficient (Wildman–Crippen LogP) is 2.77. The number of benzene rings is 1. The van der Waals surface area contributed by atoms with Gasteiger partial charge in [0.2, 0.25) is 0 Å². The van der Waals surface area contributed by atoms with E-state index >= 15 is 0 Å². The van der Waals surface area contributed by atoms with Crippen LogP contribution in [0.1, 0.15) is 26.3 Å². The molecule has 0 radical (unpaired) electrons. The van der Waals surface area contributed by atoms with Crippen molar-refractivity contribution in [1.29, 1.82) is 0 Å². The molecule has 0 aliphatic carbocycles. The molecule has 0 saturated heterocycles. The van der Waals surface area contributed by atoms with Crippen molar-refractivity contribution in [2.75, 3.05) is 7.11 Å². The van der Waals surface area contributed by atoms with E-state index in [2.05, 4.69) is 5.32 Å². The number of rotatable bonds is 6. The van der Waals surface area contributed by atoms with Crippen LogP contribution in [0.3, 0.4) is 0 Å². The molecule has 0 heterocycles. The smallest absolute Gasteiger partial charge is 0.408 e. The van der Waals surface area contributed by atoms with E-state index in [9.17, 15) is 9.59 Å². The lowest BCUT2D eigenvalue weighted by atomic mass is 10.1. The summed E-state index contributed by atoms with van der Waals surface area (Å²) in [4.78, 5) is 22.6. The Kier molecular flexibility index (Phi) is 6.63. The van der Waals surface area contributed by atoms with Crippen LogP contribution < -0.4 is 10.1 Å². The second kappa shape index (κ2) is 8.22. The van der Waals surface area contributed by atoms with E-state index in [0.29, 0.717) is 6.42 Å². The van der Waals surface area contributed by atoms with Gasteiger partial charge in [-0.05, 0) is 44.9 Å². The van der Waals surface area contributed by atoms with Crippen molar-refractivity contribution < 1.29 is 24.2 Å². The van der Waals surface area contributed by atoms with E-state index in [1.54, 1.807) is 40.0 Å². The van der Waals surface area contributed by atoms with Gasteiger partial charge in [0.05, 0.1) is 13.2 Å². The van der Waals surface area contributed by atoms with Crippen molar-refractivity contribution >= 4 is 12.1 Å². The van der Waals surface area contributed by atoms with Crippen LogP contribution in [0.4, 0.5) is 4.79 Å². The van der Waals surface area contributed by atoms with Gasteiger partial charge in [-0.15, -0.1) is 0 Å².